The van der Waals surface area contributed by atoms with Crippen LogP contribution in [0.1, 0.15) is 31.9 Å². The molecule has 8 heteroatoms. The second kappa shape index (κ2) is 12.9. The Bertz CT molecular complexity index is 596. The van der Waals surface area contributed by atoms with Gasteiger partial charge in [-0.3, -0.25) is 0 Å². The van der Waals surface area contributed by atoms with Gasteiger partial charge in [-0.1, -0.05) is 50.2 Å². The summed E-state index contributed by atoms with van der Waals surface area (Å²) in [7, 11) is -1.72. The summed E-state index contributed by atoms with van der Waals surface area (Å²) >= 11 is 0. The van der Waals surface area contributed by atoms with Crippen LogP contribution in [-0.2, 0) is 31.9 Å². The number of ether oxygens (including phenoxy) is 3. The van der Waals surface area contributed by atoms with E-state index in [9.17, 15) is 0 Å². The Hall–Kier alpha value is -1.41. The first-order chi connectivity index (χ1) is 13.3. The molecule has 28 heavy (non-hydrogen) atoms. The van der Waals surface area contributed by atoms with Crippen molar-refractivity contribution < 1.29 is 18.6 Å². The van der Waals surface area contributed by atoms with Crippen LogP contribution in [0.15, 0.2) is 29.4 Å². The van der Waals surface area contributed by atoms with E-state index in [2.05, 4.69) is 68.2 Å². The van der Waals surface area contributed by atoms with Crippen molar-refractivity contribution in [1.29, 1.82) is 0 Å². The summed E-state index contributed by atoms with van der Waals surface area (Å²) in [6, 6.07) is 8.39. The quantitative estimate of drug-likeness (QED) is 0.141. The van der Waals surface area contributed by atoms with Crippen LogP contribution in [0.4, 0.5) is 0 Å². The summed E-state index contributed by atoms with van der Waals surface area (Å²) in [6.45, 7) is 15.3. The molecular weight excluding hydrogens is 374 g/mol. The summed E-state index contributed by atoms with van der Waals surface area (Å²) in [5.74, 6) is 0. The lowest BCUT2D eigenvalue weighted by Gasteiger charge is -2.36. The van der Waals surface area contributed by atoms with Crippen LogP contribution < -0.4 is 0 Å². The van der Waals surface area contributed by atoms with Crippen LogP contribution >= 0.6 is 0 Å². The maximum atomic E-state index is 8.12. The average Bonchev–Trinajstić information content (AvgIpc) is 2.64. The minimum Gasteiger partial charge on any atom is -0.413 e. The van der Waals surface area contributed by atoms with Gasteiger partial charge in [-0.25, -0.2) is 0 Å². The molecule has 0 aliphatic carbocycles. The molecule has 1 aromatic carbocycles. The van der Waals surface area contributed by atoms with Gasteiger partial charge in [-0.05, 0) is 34.8 Å². The molecule has 0 aromatic heterocycles. The Balaban J connectivity index is 2.13. The van der Waals surface area contributed by atoms with Gasteiger partial charge in [0.15, 0.2) is 8.32 Å². The number of hydrogen-bond acceptors (Lipinski definition) is 5. The minimum atomic E-state index is -1.72. The molecule has 0 saturated carbocycles. The third-order valence-electron chi connectivity index (χ3n) is 4.84. The van der Waals surface area contributed by atoms with Crippen LogP contribution in [0, 0.1) is 0 Å². The Labute approximate surface area is 170 Å². The summed E-state index contributed by atoms with van der Waals surface area (Å²) in [5.41, 5.74) is 10.5. The molecule has 0 heterocycles. The minimum absolute atomic E-state index is 0.223. The largest absolute Gasteiger partial charge is 0.413 e. The van der Waals surface area contributed by atoms with E-state index in [1.807, 2.05) is 0 Å². The van der Waals surface area contributed by atoms with Crippen LogP contribution in [0.5, 0.6) is 0 Å². The van der Waals surface area contributed by atoms with Gasteiger partial charge in [0.2, 0.25) is 0 Å². The molecule has 0 bridgehead atoms. The standard InChI is InChI=1S/C20H35N3O4Si/c1-20(2,3)28(4,5)27-17-19-8-6-18(7-9-19)16-26-15-14-25-13-12-24-11-10-22-23-21/h6-9H,10-17H2,1-5H3. The lowest BCUT2D eigenvalue weighted by Crippen LogP contribution is -2.40. The van der Waals surface area contributed by atoms with Crippen molar-refractivity contribution in [2.75, 3.05) is 39.6 Å². The SMILES string of the molecule is CC(C)(C)[Si](C)(C)OCc1ccc(COCCOCCOCCN=[N+]=[N-])cc1. The van der Waals surface area contributed by atoms with E-state index in [4.69, 9.17) is 24.2 Å². The predicted molar refractivity (Wildman–Crippen MR) is 114 cm³/mol. The summed E-state index contributed by atoms with van der Waals surface area (Å²) in [4.78, 5) is 2.65. The van der Waals surface area contributed by atoms with Crippen LogP contribution in [-0.4, -0.2) is 47.9 Å². The Kier molecular flexibility index (Phi) is 11.4. The molecule has 0 saturated heterocycles. The summed E-state index contributed by atoms with van der Waals surface area (Å²) in [6.07, 6.45) is 0. The monoisotopic (exact) mass is 409 g/mol. The fourth-order valence-electron chi connectivity index (χ4n) is 1.99. The molecule has 0 radical (unpaired) electrons. The van der Waals surface area contributed by atoms with Crippen LogP contribution in [0.2, 0.25) is 18.1 Å². The zero-order valence-electron chi connectivity index (χ0n) is 17.9. The van der Waals surface area contributed by atoms with Crippen molar-refractivity contribution in [3.05, 3.63) is 45.8 Å². The normalized spacial score (nSPS) is 12.0. The maximum absolute atomic E-state index is 8.12. The van der Waals surface area contributed by atoms with E-state index in [0.717, 1.165) is 5.56 Å². The van der Waals surface area contributed by atoms with Gasteiger partial charge in [-0.2, -0.15) is 0 Å². The molecular formula is C20H35N3O4Si. The lowest BCUT2D eigenvalue weighted by molar-refractivity contribution is 0.0119. The van der Waals surface area contributed by atoms with Gasteiger partial charge in [0.05, 0.1) is 46.2 Å². The van der Waals surface area contributed by atoms with E-state index >= 15 is 0 Å². The highest BCUT2D eigenvalue weighted by atomic mass is 28.4. The lowest BCUT2D eigenvalue weighted by atomic mass is 10.1. The third kappa shape index (κ3) is 10.2. The zero-order chi connectivity index (χ0) is 20.9. The molecule has 0 N–H and O–H groups in total. The first-order valence-electron chi connectivity index (χ1n) is 9.72. The van der Waals surface area contributed by atoms with E-state index in [0.29, 0.717) is 52.8 Å². The summed E-state index contributed by atoms with van der Waals surface area (Å²) < 4.78 is 22.6. The number of nitrogens with zero attached hydrogens (tertiary/aromatic N) is 3. The van der Waals surface area contributed by atoms with Crippen molar-refractivity contribution in [2.24, 2.45) is 5.11 Å². The molecule has 1 aromatic rings. The van der Waals surface area contributed by atoms with Crippen molar-refractivity contribution >= 4 is 8.32 Å². The second-order valence-corrected chi connectivity index (χ2v) is 12.9. The average molecular weight is 410 g/mol. The Morgan fingerprint density at radius 3 is 1.89 bits per heavy atom. The van der Waals surface area contributed by atoms with Crippen molar-refractivity contribution in [2.45, 2.75) is 52.1 Å². The summed E-state index contributed by atoms with van der Waals surface area (Å²) in [5, 5.41) is 3.61. The van der Waals surface area contributed by atoms with Crippen molar-refractivity contribution in [3.63, 3.8) is 0 Å². The van der Waals surface area contributed by atoms with Crippen LogP contribution in [0.3, 0.4) is 0 Å². The molecule has 158 valence electrons. The first kappa shape index (κ1) is 24.6. The fraction of sp³-hybridized carbons (Fsp3) is 0.700. The van der Waals surface area contributed by atoms with E-state index < -0.39 is 8.32 Å². The zero-order valence-corrected chi connectivity index (χ0v) is 18.9. The van der Waals surface area contributed by atoms with Gasteiger partial charge in [0, 0.05) is 11.5 Å². The molecule has 1 rings (SSSR count). The van der Waals surface area contributed by atoms with Gasteiger partial charge in [0.25, 0.3) is 0 Å². The number of azide groups is 1. The van der Waals surface area contributed by atoms with Gasteiger partial charge in [-0.15, -0.1) is 0 Å². The molecule has 0 spiro atoms. The van der Waals surface area contributed by atoms with Gasteiger partial charge < -0.3 is 18.6 Å². The molecule has 0 fully saturated rings. The smallest absolute Gasteiger partial charge is 0.192 e. The third-order valence-corrected chi connectivity index (χ3v) is 9.32. The Morgan fingerprint density at radius 2 is 1.36 bits per heavy atom. The highest BCUT2D eigenvalue weighted by Gasteiger charge is 2.36. The van der Waals surface area contributed by atoms with E-state index in [-0.39, 0.29) is 5.04 Å². The molecule has 0 aliphatic rings. The molecule has 0 unspecified atom stereocenters. The van der Waals surface area contributed by atoms with E-state index in [1.165, 1.54) is 5.56 Å². The molecule has 0 aliphatic heterocycles. The number of benzene rings is 1. The maximum Gasteiger partial charge on any atom is 0.192 e. The van der Waals surface area contributed by atoms with E-state index in [1.54, 1.807) is 0 Å². The van der Waals surface area contributed by atoms with Gasteiger partial charge >= 0.3 is 0 Å². The highest BCUT2D eigenvalue weighted by Crippen LogP contribution is 2.37. The van der Waals surface area contributed by atoms with Crippen LogP contribution in [0.25, 0.3) is 10.4 Å². The molecule has 7 nitrogen and oxygen atoms in total. The van der Waals surface area contributed by atoms with Gasteiger partial charge in [0.1, 0.15) is 0 Å². The van der Waals surface area contributed by atoms with Crippen molar-refractivity contribution in [1.82, 2.24) is 0 Å². The Morgan fingerprint density at radius 1 is 0.857 bits per heavy atom. The number of rotatable bonds is 14. The topological polar surface area (TPSA) is 85.7 Å². The predicted octanol–water partition coefficient (Wildman–Crippen LogP) is 5.07. The van der Waals surface area contributed by atoms with Crippen molar-refractivity contribution in [3.8, 4) is 0 Å². The second-order valence-electron chi connectivity index (χ2n) is 8.10. The molecule has 0 amide bonds. The number of hydrogen-bond donors (Lipinski definition) is 0. The molecule has 0 atom stereocenters. The fourth-order valence-corrected chi connectivity index (χ4v) is 2.95. The highest BCUT2D eigenvalue weighted by molar-refractivity contribution is 6.74. The first-order valence-corrected chi connectivity index (χ1v) is 12.6.